The fourth-order valence-electron chi connectivity index (χ4n) is 3.38. The summed E-state index contributed by atoms with van der Waals surface area (Å²) >= 11 is 0. The van der Waals surface area contributed by atoms with Crippen molar-refractivity contribution in [2.24, 2.45) is 11.8 Å². The van der Waals surface area contributed by atoms with E-state index < -0.39 is 17.5 Å². The monoisotopic (exact) mass is 280 g/mol. The molecule has 110 valence electrons. The Bertz CT molecular complexity index is 462. The summed E-state index contributed by atoms with van der Waals surface area (Å²) in [6.07, 6.45) is 5.15. The molecule has 1 spiro atoms. The van der Waals surface area contributed by atoms with Crippen LogP contribution in [0.1, 0.15) is 33.1 Å². The minimum Gasteiger partial charge on any atom is -0.478 e. The third-order valence-corrected chi connectivity index (χ3v) is 4.54. The van der Waals surface area contributed by atoms with Crippen LogP contribution in [-0.4, -0.2) is 40.0 Å². The van der Waals surface area contributed by atoms with E-state index in [1.165, 1.54) is 6.08 Å². The maximum Gasteiger partial charge on any atom is 0.328 e. The fraction of sp³-hybridized carbons (Fsp3) is 0.643. The molecule has 0 aromatic rings. The van der Waals surface area contributed by atoms with Crippen molar-refractivity contribution < 1.29 is 19.5 Å². The predicted octanol–water partition coefficient (Wildman–Crippen LogP) is 1.37. The summed E-state index contributed by atoms with van der Waals surface area (Å²) in [5.74, 6) is -1.13. The molecule has 2 unspecified atom stereocenters. The minimum atomic E-state index is -1.09. The molecule has 1 heterocycles. The van der Waals surface area contributed by atoms with Gasteiger partial charge in [0.05, 0.1) is 0 Å². The second-order valence-electron chi connectivity index (χ2n) is 5.69. The number of carbonyl (C=O) groups is 3. The molecule has 6 nitrogen and oxygen atoms in total. The van der Waals surface area contributed by atoms with Gasteiger partial charge in [-0.2, -0.15) is 0 Å². The Kier molecular flexibility index (Phi) is 3.83. The van der Waals surface area contributed by atoms with Gasteiger partial charge in [0.25, 0.3) is 5.91 Å². The molecule has 6 heteroatoms. The number of carboxylic acid groups (broad SMARTS) is 1. The third kappa shape index (κ3) is 2.19. The van der Waals surface area contributed by atoms with Gasteiger partial charge in [0.2, 0.25) is 0 Å². The molecule has 2 fully saturated rings. The van der Waals surface area contributed by atoms with Crippen LogP contribution in [0.15, 0.2) is 12.2 Å². The van der Waals surface area contributed by atoms with Crippen LogP contribution in [-0.2, 0) is 9.59 Å². The third-order valence-electron chi connectivity index (χ3n) is 4.54. The standard InChI is InChI=1S/C14H20N2O4/c1-9-5-3-6-10(2)14(9)12(19)16(13(20)15-14)8-4-7-11(17)18/h4,7,9-10H,3,5-6,8H2,1-2H3,(H,15,20)(H,17,18)/b7-4+. The largest absolute Gasteiger partial charge is 0.478 e. The lowest BCUT2D eigenvalue weighted by atomic mass is 9.67. The van der Waals surface area contributed by atoms with E-state index in [1.807, 2.05) is 13.8 Å². The summed E-state index contributed by atoms with van der Waals surface area (Å²) in [5, 5.41) is 11.4. The molecule has 0 aromatic heterocycles. The van der Waals surface area contributed by atoms with Gasteiger partial charge in [-0.05, 0) is 24.7 Å². The molecule has 0 aromatic carbocycles. The second kappa shape index (κ2) is 5.26. The molecule has 2 N–H and O–H groups in total. The van der Waals surface area contributed by atoms with Crippen molar-refractivity contribution in [1.82, 2.24) is 10.2 Å². The number of urea groups is 1. The first-order valence-corrected chi connectivity index (χ1v) is 6.93. The molecule has 2 rings (SSSR count). The average Bonchev–Trinajstić information content (AvgIpc) is 2.61. The second-order valence-corrected chi connectivity index (χ2v) is 5.69. The molecule has 2 atom stereocenters. The Hall–Kier alpha value is -1.85. The number of hydrogen-bond acceptors (Lipinski definition) is 3. The van der Waals surface area contributed by atoms with E-state index >= 15 is 0 Å². The fourth-order valence-corrected chi connectivity index (χ4v) is 3.38. The first kappa shape index (κ1) is 14.6. The smallest absolute Gasteiger partial charge is 0.328 e. The number of aliphatic carboxylic acids is 1. The highest BCUT2D eigenvalue weighted by molar-refractivity contribution is 6.07. The molecule has 1 saturated heterocycles. The first-order valence-electron chi connectivity index (χ1n) is 6.93. The lowest BCUT2D eigenvalue weighted by molar-refractivity contribution is -0.136. The zero-order chi connectivity index (χ0) is 14.9. The van der Waals surface area contributed by atoms with Gasteiger partial charge in [0, 0.05) is 12.6 Å². The van der Waals surface area contributed by atoms with Crippen LogP contribution in [0, 0.1) is 11.8 Å². The van der Waals surface area contributed by atoms with Crippen molar-refractivity contribution >= 4 is 17.9 Å². The van der Waals surface area contributed by atoms with E-state index in [0.717, 1.165) is 30.2 Å². The molecule has 3 amide bonds. The van der Waals surface area contributed by atoms with Gasteiger partial charge in [0.1, 0.15) is 5.54 Å². The van der Waals surface area contributed by atoms with Crippen LogP contribution in [0.2, 0.25) is 0 Å². The van der Waals surface area contributed by atoms with Crippen molar-refractivity contribution in [1.29, 1.82) is 0 Å². The summed E-state index contributed by atoms with van der Waals surface area (Å²) < 4.78 is 0. The van der Waals surface area contributed by atoms with Gasteiger partial charge in [-0.1, -0.05) is 26.3 Å². The number of carboxylic acids is 1. The molecule has 1 aliphatic carbocycles. The first-order chi connectivity index (χ1) is 9.39. The summed E-state index contributed by atoms with van der Waals surface area (Å²) in [6.45, 7) is 3.98. The lowest BCUT2D eigenvalue weighted by Gasteiger charge is -2.42. The van der Waals surface area contributed by atoms with Crippen molar-refractivity contribution in [2.75, 3.05) is 6.54 Å². The van der Waals surface area contributed by atoms with Gasteiger partial charge in [-0.15, -0.1) is 0 Å². The van der Waals surface area contributed by atoms with E-state index in [4.69, 9.17) is 5.11 Å². The van der Waals surface area contributed by atoms with E-state index in [-0.39, 0.29) is 24.3 Å². The number of nitrogens with zero attached hydrogens (tertiary/aromatic N) is 1. The molecular weight excluding hydrogens is 260 g/mol. The Morgan fingerprint density at radius 1 is 1.40 bits per heavy atom. The quantitative estimate of drug-likeness (QED) is 0.604. The number of imide groups is 1. The SMILES string of the molecule is CC1CCCC(C)C12NC(=O)N(C/C=C/C(=O)O)C2=O. The van der Waals surface area contributed by atoms with Gasteiger partial charge in [0.15, 0.2) is 0 Å². The maximum atomic E-state index is 12.7. The van der Waals surface area contributed by atoms with Crippen molar-refractivity contribution in [3.8, 4) is 0 Å². The van der Waals surface area contributed by atoms with Crippen LogP contribution >= 0.6 is 0 Å². The Morgan fingerprint density at radius 2 is 2.00 bits per heavy atom. The normalized spacial score (nSPS) is 34.0. The van der Waals surface area contributed by atoms with E-state index in [2.05, 4.69) is 5.32 Å². The van der Waals surface area contributed by atoms with Gasteiger partial charge in [-0.25, -0.2) is 9.59 Å². The van der Waals surface area contributed by atoms with E-state index in [1.54, 1.807) is 0 Å². The Balaban J connectivity index is 2.21. The van der Waals surface area contributed by atoms with Crippen LogP contribution in [0.4, 0.5) is 4.79 Å². The molecule has 2 aliphatic rings. The summed E-state index contributed by atoms with van der Waals surface area (Å²) in [6, 6.07) is -0.425. The highest BCUT2D eigenvalue weighted by Crippen LogP contribution is 2.42. The number of hydrogen-bond donors (Lipinski definition) is 2. The summed E-state index contributed by atoms with van der Waals surface area (Å²) in [7, 11) is 0. The van der Waals surface area contributed by atoms with Gasteiger partial charge >= 0.3 is 12.0 Å². The van der Waals surface area contributed by atoms with Crippen molar-refractivity contribution in [3.05, 3.63) is 12.2 Å². The number of rotatable bonds is 3. The van der Waals surface area contributed by atoms with Crippen LogP contribution in [0.25, 0.3) is 0 Å². The zero-order valence-corrected chi connectivity index (χ0v) is 11.8. The Labute approximate surface area is 117 Å². The highest BCUT2D eigenvalue weighted by Gasteiger charge is 2.57. The highest BCUT2D eigenvalue weighted by atomic mass is 16.4. The molecule has 0 radical (unpaired) electrons. The predicted molar refractivity (Wildman–Crippen MR) is 71.9 cm³/mol. The van der Waals surface area contributed by atoms with Crippen molar-refractivity contribution in [2.45, 2.75) is 38.6 Å². The average molecular weight is 280 g/mol. The van der Waals surface area contributed by atoms with Crippen LogP contribution in [0.3, 0.4) is 0 Å². The lowest BCUT2D eigenvalue weighted by Crippen LogP contribution is -2.58. The van der Waals surface area contributed by atoms with Crippen LogP contribution in [0.5, 0.6) is 0 Å². The van der Waals surface area contributed by atoms with Crippen molar-refractivity contribution in [3.63, 3.8) is 0 Å². The maximum absolute atomic E-state index is 12.7. The molecule has 0 bridgehead atoms. The number of carbonyl (C=O) groups excluding carboxylic acids is 2. The van der Waals surface area contributed by atoms with E-state index in [9.17, 15) is 14.4 Å². The molecule has 1 saturated carbocycles. The van der Waals surface area contributed by atoms with Gasteiger partial charge < -0.3 is 10.4 Å². The number of nitrogens with one attached hydrogen (secondary N) is 1. The Morgan fingerprint density at radius 3 is 2.55 bits per heavy atom. The minimum absolute atomic E-state index is 0.00183. The zero-order valence-electron chi connectivity index (χ0n) is 11.8. The molecule has 20 heavy (non-hydrogen) atoms. The summed E-state index contributed by atoms with van der Waals surface area (Å²) in [4.78, 5) is 36.2. The topological polar surface area (TPSA) is 86.7 Å². The summed E-state index contributed by atoms with van der Waals surface area (Å²) in [5.41, 5.74) is -0.813. The van der Waals surface area contributed by atoms with E-state index in [0.29, 0.717) is 0 Å². The van der Waals surface area contributed by atoms with Crippen LogP contribution < -0.4 is 5.32 Å². The molecular formula is C14H20N2O4. The molecule has 1 aliphatic heterocycles. The van der Waals surface area contributed by atoms with Gasteiger partial charge in [-0.3, -0.25) is 9.69 Å². The number of amides is 3.